The zero-order valence-electron chi connectivity index (χ0n) is 15.8. The summed E-state index contributed by atoms with van der Waals surface area (Å²) in [6.07, 6.45) is 0.114. The van der Waals surface area contributed by atoms with E-state index in [0.29, 0.717) is 5.75 Å². The van der Waals surface area contributed by atoms with Crippen LogP contribution in [0.2, 0.25) is 0 Å². The Labute approximate surface area is 178 Å². The largest absolute Gasteiger partial charge is 1.00 e. The molecule has 11 heteroatoms. The van der Waals surface area contributed by atoms with E-state index in [1.165, 1.54) is 17.9 Å². The van der Waals surface area contributed by atoms with Gasteiger partial charge in [0.25, 0.3) is 0 Å². The predicted molar refractivity (Wildman–Crippen MR) is 103 cm³/mol. The van der Waals surface area contributed by atoms with E-state index in [0.717, 1.165) is 5.75 Å². The highest BCUT2D eigenvalue weighted by Crippen LogP contribution is 2.22. The summed E-state index contributed by atoms with van der Waals surface area (Å²) in [5, 5.41) is 2.66. The summed E-state index contributed by atoms with van der Waals surface area (Å²) >= 11 is 0. The Bertz CT molecular complexity index is 482. The molecule has 0 rings (SSSR count). The summed E-state index contributed by atoms with van der Waals surface area (Å²) in [5.74, 6) is -0.361. The summed E-state index contributed by atoms with van der Waals surface area (Å²) in [6, 6.07) is -1.58. The van der Waals surface area contributed by atoms with Gasteiger partial charge in [0.2, 0.25) is 5.91 Å². The first-order valence-corrected chi connectivity index (χ1v) is 10.9. The lowest BCUT2D eigenvalue weighted by molar-refractivity contribution is -0.144. The third-order valence-electron chi connectivity index (χ3n) is 3.23. The zero-order valence-corrected chi connectivity index (χ0v) is 19.0. The lowest BCUT2D eigenvalue weighted by Crippen LogP contribution is -3.00. The Morgan fingerprint density at radius 1 is 1.07 bits per heavy atom. The normalized spacial score (nSPS) is 12.3. The molecule has 3 N–H and O–H groups in total. The molecule has 0 aromatic carbocycles. The van der Waals surface area contributed by atoms with Crippen molar-refractivity contribution in [2.24, 2.45) is 5.73 Å². The van der Waals surface area contributed by atoms with Gasteiger partial charge >= 0.3 is 11.9 Å². The predicted octanol–water partition coefficient (Wildman–Crippen LogP) is -1.93. The average molecular weight is 488 g/mol. The molecule has 27 heavy (non-hydrogen) atoms. The molecule has 0 radical (unpaired) electrons. The van der Waals surface area contributed by atoms with Crippen LogP contribution < -0.4 is 28.0 Å². The van der Waals surface area contributed by atoms with E-state index in [2.05, 4.69) is 10.1 Å². The molecule has 0 aromatic rings. The molecule has 158 valence electrons. The molecule has 0 aliphatic carbocycles. The number of hydrogen-bond donors (Lipinski definition) is 2. The van der Waals surface area contributed by atoms with Gasteiger partial charge in [0.15, 0.2) is 5.78 Å². The lowest BCUT2D eigenvalue weighted by atomic mass is 10.1. The van der Waals surface area contributed by atoms with Crippen molar-refractivity contribution in [2.45, 2.75) is 51.6 Å². The molecule has 0 spiro atoms. The summed E-state index contributed by atoms with van der Waals surface area (Å²) in [4.78, 5) is 47.0. The average Bonchev–Trinajstić information content (AvgIpc) is 2.62. The number of amides is 1. The molecule has 0 fully saturated rings. The van der Waals surface area contributed by atoms with Crippen LogP contribution in [-0.2, 0) is 28.7 Å². The van der Waals surface area contributed by atoms with E-state index in [-0.39, 0.29) is 61.0 Å². The van der Waals surface area contributed by atoms with Crippen molar-refractivity contribution >= 4 is 45.2 Å². The van der Waals surface area contributed by atoms with Gasteiger partial charge in [0, 0.05) is 24.3 Å². The Balaban J connectivity index is 0. The van der Waals surface area contributed by atoms with Crippen LogP contribution in [-0.4, -0.2) is 60.9 Å². The van der Waals surface area contributed by atoms with Gasteiger partial charge in [0.05, 0.1) is 26.2 Å². The first-order chi connectivity index (χ1) is 12.3. The smallest absolute Gasteiger partial charge is 0.322 e. The van der Waals surface area contributed by atoms with Crippen LogP contribution in [0.4, 0.5) is 0 Å². The Kier molecular flexibility index (Phi) is 18.2. The van der Waals surface area contributed by atoms with Crippen LogP contribution in [0.1, 0.15) is 39.5 Å². The van der Waals surface area contributed by atoms with Crippen LogP contribution in [0.5, 0.6) is 0 Å². The van der Waals surface area contributed by atoms with Crippen LogP contribution in [0.25, 0.3) is 0 Å². The molecule has 1 amide bonds. The zero-order chi connectivity index (χ0) is 19.9. The first kappa shape index (κ1) is 28.4. The van der Waals surface area contributed by atoms with Crippen molar-refractivity contribution in [3.63, 3.8) is 0 Å². The highest BCUT2D eigenvalue weighted by atomic mass is 79.9. The fourth-order valence-electron chi connectivity index (χ4n) is 1.87. The van der Waals surface area contributed by atoms with Gasteiger partial charge in [-0.2, -0.15) is 0 Å². The number of carbonyl (C=O) groups is 4. The van der Waals surface area contributed by atoms with Crippen molar-refractivity contribution in [2.75, 3.05) is 25.2 Å². The van der Waals surface area contributed by atoms with Gasteiger partial charge in [-0.1, -0.05) is 28.5 Å². The van der Waals surface area contributed by atoms with E-state index >= 15 is 0 Å². The van der Waals surface area contributed by atoms with Crippen LogP contribution in [0.3, 0.4) is 0 Å². The summed E-state index contributed by atoms with van der Waals surface area (Å²) in [6.45, 7) is 3.94. The van der Waals surface area contributed by atoms with Crippen molar-refractivity contribution in [3.05, 3.63) is 0 Å². The van der Waals surface area contributed by atoms with E-state index in [9.17, 15) is 19.2 Å². The maximum Gasteiger partial charge on any atom is 0.322 e. The highest BCUT2D eigenvalue weighted by Gasteiger charge is 2.23. The number of halogens is 1. The van der Waals surface area contributed by atoms with Crippen molar-refractivity contribution in [1.29, 1.82) is 0 Å². The molecular formula is C16H28BrN2O6S2-. The third kappa shape index (κ3) is 14.0. The lowest BCUT2D eigenvalue weighted by Gasteiger charge is -2.17. The minimum absolute atomic E-state index is 0. The highest BCUT2D eigenvalue weighted by molar-refractivity contribution is 8.76. The number of hydrogen-bond acceptors (Lipinski definition) is 9. The molecule has 2 atom stereocenters. The molecule has 0 unspecified atom stereocenters. The molecule has 0 saturated heterocycles. The van der Waals surface area contributed by atoms with Crippen molar-refractivity contribution < 1.29 is 45.6 Å². The standard InChI is InChI=1S/C16H28N2O6S2.BrH/c1-4-24-15(21)9-7-13(19)12(10-26-25-5-2)18-14(20)8-6-11(17)16(22)23-3;/h11-12H,4-10,17H2,1-3H3,(H,18,20);1H/p-1/t11-,12-;/m0./s1. The number of carbonyl (C=O) groups excluding carboxylic acids is 4. The van der Waals surface area contributed by atoms with Crippen LogP contribution in [0, 0.1) is 0 Å². The molecule has 0 aliphatic heterocycles. The molecular weight excluding hydrogens is 460 g/mol. The van der Waals surface area contributed by atoms with Gasteiger partial charge in [-0.05, 0) is 13.3 Å². The second-order valence-corrected chi connectivity index (χ2v) is 8.05. The number of nitrogens with one attached hydrogen (secondary N) is 1. The number of esters is 2. The van der Waals surface area contributed by atoms with Crippen LogP contribution in [0.15, 0.2) is 0 Å². The monoisotopic (exact) mass is 487 g/mol. The Morgan fingerprint density at radius 3 is 2.30 bits per heavy atom. The Hall–Kier alpha value is -0.780. The number of Topliss-reactive ketones (excluding diaryl/α,β-unsaturated/α-hetero) is 1. The molecule has 0 aromatic heterocycles. The van der Waals surface area contributed by atoms with Gasteiger partial charge in [-0.3, -0.25) is 19.2 Å². The first-order valence-electron chi connectivity index (χ1n) is 8.41. The fraction of sp³-hybridized carbons (Fsp3) is 0.750. The molecule has 0 aliphatic rings. The van der Waals surface area contributed by atoms with Crippen LogP contribution >= 0.6 is 21.6 Å². The quantitative estimate of drug-likeness (QED) is 0.163. The second-order valence-electron chi connectivity index (χ2n) is 5.25. The second kappa shape index (κ2) is 17.3. The number of ketones is 1. The summed E-state index contributed by atoms with van der Waals surface area (Å²) < 4.78 is 9.31. The maximum atomic E-state index is 12.3. The molecule has 0 bridgehead atoms. The van der Waals surface area contributed by atoms with Gasteiger partial charge < -0.3 is 37.5 Å². The number of methoxy groups -OCH3 is 1. The van der Waals surface area contributed by atoms with Gasteiger partial charge in [0.1, 0.15) is 6.04 Å². The molecule has 8 nitrogen and oxygen atoms in total. The molecule has 0 heterocycles. The number of nitrogens with two attached hydrogens (primary N) is 1. The van der Waals surface area contributed by atoms with Gasteiger partial charge in [-0.15, -0.1) is 0 Å². The fourth-order valence-corrected chi connectivity index (χ4v) is 3.73. The van der Waals surface area contributed by atoms with Crippen molar-refractivity contribution in [1.82, 2.24) is 5.32 Å². The van der Waals surface area contributed by atoms with Gasteiger partial charge in [-0.25, -0.2) is 0 Å². The third-order valence-corrected chi connectivity index (χ3v) is 5.71. The SMILES string of the molecule is CCOC(=O)CCC(=O)[C@H](CSSCC)NC(=O)CC[C@H](N)C(=O)OC.[Br-]. The minimum Gasteiger partial charge on any atom is -1.00 e. The molecule has 0 saturated carbocycles. The topological polar surface area (TPSA) is 125 Å². The van der Waals surface area contributed by atoms with Crippen molar-refractivity contribution in [3.8, 4) is 0 Å². The Morgan fingerprint density at radius 2 is 1.74 bits per heavy atom. The van der Waals surface area contributed by atoms with E-state index in [1.54, 1.807) is 17.7 Å². The maximum absolute atomic E-state index is 12.3. The number of rotatable bonds is 14. The van der Waals surface area contributed by atoms with E-state index in [4.69, 9.17) is 10.5 Å². The summed E-state index contributed by atoms with van der Waals surface area (Å²) in [7, 11) is 4.28. The minimum atomic E-state index is -0.881. The van der Waals surface area contributed by atoms with E-state index < -0.39 is 24.0 Å². The van der Waals surface area contributed by atoms with E-state index in [1.807, 2.05) is 6.92 Å². The number of ether oxygens (including phenoxy) is 2. The summed E-state index contributed by atoms with van der Waals surface area (Å²) in [5.41, 5.74) is 5.59.